The van der Waals surface area contributed by atoms with E-state index in [0.717, 1.165) is 12.1 Å². The largest absolute Gasteiger partial charge is 0.467 e. The number of nitrogens with zero attached hydrogens (tertiary/aromatic N) is 2. The second-order valence-electron chi connectivity index (χ2n) is 4.94. The van der Waals surface area contributed by atoms with E-state index in [1.165, 1.54) is 12.1 Å². The summed E-state index contributed by atoms with van der Waals surface area (Å²) in [6, 6.07) is 8.80. The molecule has 0 N–H and O–H groups in total. The molecule has 0 atom stereocenters. The Bertz CT molecular complexity index is 871. The average molecular weight is 328 g/mol. The van der Waals surface area contributed by atoms with Crippen LogP contribution in [0.4, 0.5) is 11.4 Å². The van der Waals surface area contributed by atoms with Crippen molar-refractivity contribution in [2.24, 2.45) is 0 Å². The van der Waals surface area contributed by atoms with Crippen molar-refractivity contribution in [3.05, 3.63) is 73.8 Å². The number of rotatable bonds is 4. The Balaban J connectivity index is 1.98. The summed E-state index contributed by atoms with van der Waals surface area (Å²) in [7, 11) is 0. The number of hydrogen-bond acceptors (Lipinski definition) is 7. The van der Waals surface area contributed by atoms with Crippen molar-refractivity contribution < 1.29 is 24.2 Å². The third-order valence-corrected chi connectivity index (χ3v) is 3.53. The molecule has 120 valence electrons. The fourth-order valence-corrected chi connectivity index (χ4v) is 2.41. The van der Waals surface area contributed by atoms with E-state index in [4.69, 9.17) is 4.74 Å². The fourth-order valence-electron chi connectivity index (χ4n) is 2.41. The number of carbonyl (C=O) groups excluding carboxylic acids is 2. The minimum absolute atomic E-state index is 0.178. The lowest BCUT2D eigenvalue weighted by molar-refractivity contribution is -0.394. The molecule has 0 unspecified atom stereocenters. The first-order chi connectivity index (χ1) is 11.4. The van der Waals surface area contributed by atoms with E-state index < -0.39 is 38.9 Å². The lowest BCUT2D eigenvalue weighted by Crippen LogP contribution is -2.29. The van der Waals surface area contributed by atoms with Crippen LogP contribution in [0.2, 0.25) is 0 Å². The molecule has 0 heterocycles. The second kappa shape index (κ2) is 5.54. The van der Waals surface area contributed by atoms with Crippen molar-refractivity contribution in [2.45, 2.75) is 6.10 Å². The van der Waals surface area contributed by atoms with Crippen LogP contribution in [0, 0.1) is 20.2 Å². The van der Waals surface area contributed by atoms with Crippen molar-refractivity contribution in [1.29, 1.82) is 0 Å². The van der Waals surface area contributed by atoms with Crippen molar-refractivity contribution in [1.82, 2.24) is 0 Å². The lowest BCUT2D eigenvalue weighted by Gasteiger charge is -2.10. The maximum atomic E-state index is 12.2. The highest BCUT2D eigenvalue weighted by Crippen LogP contribution is 2.34. The number of benzene rings is 2. The molecule has 0 bridgehead atoms. The molecular weight excluding hydrogens is 320 g/mol. The van der Waals surface area contributed by atoms with Crippen LogP contribution in [0.15, 0.2) is 42.5 Å². The molecule has 2 aromatic carbocycles. The zero-order valence-corrected chi connectivity index (χ0v) is 11.9. The molecule has 0 saturated heterocycles. The molecule has 2 aromatic rings. The SMILES string of the molecule is O=C1c2ccccc2C(=O)C1Oc1ccc([N+](=O)[O-])cc1[N+](=O)[O-]. The predicted molar refractivity (Wildman–Crippen MR) is 79.3 cm³/mol. The monoisotopic (exact) mass is 328 g/mol. The number of ketones is 2. The van der Waals surface area contributed by atoms with E-state index in [1.54, 1.807) is 12.1 Å². The van der Waals surface area contributed by atoms with Crippen molar-refractivity contribution in [3.63, 3.8) is 0 Å². The summed E-state index contributed by atoms with van der Waals surface area (Å²) in [5.74, 6) is -1.60. The maximum Gasteiger partial charge on any atom is 0.317 e. The zero-order valence-electron chi connectivity index (χ0n) is 11.9. The van der Waals surface area contributed by atoms with Gasteiger partial charge in [-0.05, 0) is 6.07 Å². The molecule has 24 heavy (non-hydrogen) atoms. The highest BCUT2D eigenvalue weighted by Gasteiger charge is 2.41. The lowest BCUT2D eigenvalue weighted by atomic mass is 10.1. The van der Waals surface area contributed by atoms with Gasteiger partial charge < -0.3 is 4.74 Å². The maximum absolute atomic E-state index is 12.2. The number of non-ortho nitro benzene ring substituents is 1. The number of Topliss-reactive ketones (excluding diaryl/α,β-unsaturated/α-hetero) is 2. The van der Waals surface area contributed by atoms with Crippen LogP contribution in [0.25, 0.3) is 0 Å². The Hall–Kier alpha value is -3.62. The number of nitro groups is 2. The molecule has 9 nitrogen and oxygen atoms in total. The Morgan fingerprint density at radius 2 is 1.46 bits per heavy atom. The van der Waals surface area contributed by atoms with E-state index in [0.29, 0.717) is 6.07 Å². The Labute approximate surface area is 133 Å². The third-order valence-electron chi connectivity index (χ3n) is 3.53. The quantitative estimate of drug-likeness (QED) is 0.478. The van der Waals surface area contributed by atoms with Gasteiger partial charge in [-0.25, -0.2) is 0 Å². The van der Waals surface area contributed by atoms with Crippen LogP contribution in [0.1, 0.15) is 20.7 Å². The Morgan fingerprint density at radius 1 is 0.875 bits per heavy atom. The van der Waals surface area contributed by atoms with Crippen LogP contribution in [-0.2, 0) is 0 Å². The van der Waals surface area contributed by atoms with Crippen molar-refractivity contribution >= 4 is 22.9 Å². The summed E-state index contributed by atoms with van der Waals surface area (Å²) in [4.78, 5) is 44.6. The normalized spacial score (nSPS) is 13.7. The van der Waals surface area contributed by atoms with Gasteiger partial charge in [-0.15, -0.1) is 0 Å². The number of nitro benzene ring substituents is 2. The van der Waals surface area contributed by atoms with Gasteiger partial charge in [0.1, 0.15) is 0 Å². The first-order valence-corrected chi connectivity index (χ1v) is 6.67. The highest BCUT2D eigenvalue weighted by atomic mass is 16.6. The van der Waals surface area contributed by atoms with Gasteiger partial charge in [0.2, 0.25) is 17.7 Å². The number of ether oxygens (including phenoxy) is 1. The van der Waals surface area contributed by atoms with Crippen LogP contribution in [0.3, 0.4) is 0 Å². The smallest absolute Gasteiger partial charge is 0.317 e. The summed E-state index contributed by atoms with van der Waals surface area (Å²) in [6.45, 7) is 0. The van der Waals surface area contributed by atoms with Gasteiger partial charge >= 0.3 is 5.69 Å². The molecule has 1 aliphatic rings. The summed E-state index contributed by atoms with van der Waals surface area (Å²) in [6.07, 6.45) is -1.54. The summed E-state index contributed by atoms with van der Waals surface area (Å²) < 4.78 is 5.25. The van der Waals surface area contributed by atoms with E-state index >= 15 is 0 Å². The molecule has 0 fully saturated rings. The minimum atomic E-state index is -1.54. The Morgan fingerprint density at radius 3 is 1.96 bits per heavy atom. The topological polar surface area (TPSA) is 130 Å². The van der Waals surface area contributed by atoms with Crippen molar-refractivity contribution in [2.75, 3.05) is 0 Å². The molecule has 0 amide bonds. The predicted octanol–water partition coefficient (Wildman–Crippen LogP) is 2.33. The van der Waals surface area contributed by atoms with E-state index in [-0.39, 0.29) is 16.9 Å². The third kappa shape index (κ3) is 2.37. The van der Waals surface area contributed by atoms with Crippen molar-refractivity contribution in [3.8, 4) is 5.75 Å². The number of fused-ring (bicyclic) bond motifs is 1. The van der Waals surface area contributed by atoms with Crippen LogP contribution in [-0.4, -0.2) is 27.5 Å². The van der Waals surface area contributed by atoms with Crippen LogP contribution >= 0.6 is 0 Å². The zero-order chi connectivity index (χ0) is 17.4. The average Bonchev–Trinajstić information content (AvgIpc) is 2.80. The van der Waals surface area contributed by atoms with E-state index in [1.807, 2.05) is 0 Å². The molecule has 0 aliphatic heterocycles. The molecular formula is C15H8N2O7. The van der Waals surface area contributed by atoms with E-state index in [9.17, 15) is 29.8 Å². The second-order valence-corrected chi connectivity index (χ2v) is 4.94. The minimum Gasteiger partial charge on any atom is -0.467 e. The summed E-state index contributed by atoms with van der Waals surface area (Å²) in [5.41, 5.74) is -0.837. The number of hydrogen-bond donors (Lipinski definition) is 0. The molecule has 0 aromatic heterocycles. The van der Waals surface area contributed by atoms with Gasteiger partial charge in [0.05, 0.1) is 15.9 Å². The molecule has 3 rings (SSSR count). The molecule has 9 heteroatoms. The van der Waals surface area contributed by atoms with Gasteiger partial charge in [-0.3, -0.25) is 29.8 Å². The van der Waals surface area contributed by atoms with Gasteiger partial charge in [-0.1, -0.05) is 24.3 Å². The first-order valence-electron chi connectivity index (χ1n) is 6.67. The molecule has 0 saturated carbocycles. The summed E-state index contributed by atoms with van der Waals surface area (Å²) >= 11 is 0. The van der Waals surface area contributed by atoms with E-state index in [2.05, 4.69) is 0 Å². The Kier molecular flexibility index (Phi) is 3.53. The van der Waals surface area contributed by atoms with Crippen LogP contribution in [0.5, 0.6) is 5.75 Å². The van der Waals surface area contributed by atoms with Gasteiger partial charge in [0, 0.05) is 17.2 Å². The van der Waals surface area contributed by atoms with Gasteiger partial charge in [0.25, 0.3) is 5.69 Å². The molecule has 0 spiro atoms. The molecule has 1 aliphatic carbocycles. The standard InChI is InChI=1S/C15H8N2O7/c18-13-9-3-1-2-4-10(9)14(19)15(13)24-12-6-5-8(16(20)21)7-11(12)17(22)23/h1-7,15H. The van der Waals surface area contributed by atoms with Crippen LogP contribution < -0.4 is 4.74 Å². The first kappa shape index (κ1) is 15.3. The molecule has 0 radical (unpaired) electrons. The highest BCUT2D eigenvalue weighted by molar-refractivity contribution is 6.28. The number of carbonyl (C=O) groups is 2. The summed E-state index contributed by atoms with van der Waals surface area (Å²) in [5, 5.41) is 21.8. The van der Waals surface area contributed by atoms with Gasteiger partial charge in [-0.2, -0.15) is 0 Å². The van der Waals surface area contributed by atoms with Gasteiger partial charge in [0.15, 0.2) is 5.75 Å². The fraction of sp³-hybridized carbons (Fsp3) is 0.0667.